The number of methoxy groups -OCH3 is 1. The number of hydrogen-bond acceptors (Lipinski definition) is 3. The van der Waals surface area contributed by atoms with E-state index >= 15 is 0 Å². The molecule has 1 heterocycles. The highest BCUT2D eigenvalue weighted by Gasteiger charge is 2.20. The quantitative estimate of drug-likeness (QED) is 0.347. The Balaban J connectivity index is 0.00000280. The molecule has 150 valence electrons. The largest absolute Gasteiger partial charge is 0.495 e. The van der Waals surface area contributed by atoms with Crippen LogP contribution in [0.3, 0.4) is 0 Å². The van der Waals surface area contributed by atoms with Gasteiger partial charge in [0.25, 0.3) is 0 Å². The molecule has 0 radical (unpaired) electrons. The Morgan fingerprint density at radius 2 is 2.04 bits per heavy atom. The zero-order valence-electron chi connectivity index (χ0n) is 15.7. The van der Waals surface area contributed by atoms with E-state index in [1.807, 2.05) is 35.2 Å². The Hall–Kier alpha value is -2.00. The van der Waals surface area contributed by atoms with E-state index in [4.69, 9.17) is 22.1 Å². The van der Waals surface area contributed by atoms with Crippen LogP contribution >= 0.6 is 35.6 Å². The molecule has 0 saturated carbocycles. The number of nitrogens with one attached hydrogen (secondary N) is 1. The molecule has 0 unspecified atom stereocenters. The van der Waals surface area contributed by atoms with Crippen molar-refractivity contribution < 1.29 is 9.53 Å². The minimum atomic E-state index is 0. The van der Waals surface area contributed by atoms with Crippen molar-refractivity contribution in [1.82, 2.24) is 4.90 Å². The number of benzene rings is 2. The molecule has 3 rings (SSSR count). The fraction of sp³-hybridized carbons (Fsp3) is 0.300. The maximum atomic E-state index is 11.9. The van der Waals surface area contributed by atoms with Crippen LogP contribution in [0.1, 0.15) is 24.0 Å². The third-order valence-electron chi connectivity index (χ3n) is 4.49. The molecular formula is C20H24ClIN4O2. The molecule has 0 bridgehead atoms. The van der Waals surface area contributed by atoms with Crippen LogP contribution in [0, 0.1) is 0 Å². The van der Waals surface area contributed by atoms with Crippen LogP contribution in [0.15, 0.2) is 47.5 Å². The number of aliphatic imine (C=N–C) groups is 1. The molecule has 0 atom stereocenters. The molecule has 28 heavy (non-hydrogen) atoms. The zero-order chi connectivity index (χ0) is 19.2. The van der Waals surface area contributed by atoms with Gasteiger partial charge in [-0.2, -0.15) is 0 Å². The van der Waals surface area contributed by atoms with E-state index < -0.39 is 0 Å². The molecular weight excluding hydrogens is 491 g/mol. The molecule has 2 aromatic carbocycles. The van der Waals surface area contributed by atoms with Gasteiger partial charge >= 0.3 is 0 Å². The fourth-order valence-corrected chi connectivity index (χ4v) is 3.30. The van der Waals surface area contributed by atoms with Gasteiger partial charge in [-0.1, -0.05) is 35.9 Å². The third kappa shape index (κ3) is 5.75. The summed E-state index contributed by atoms with van der Waals surface area (Å²) in [7, 11) is 1.57. The van der Waals surface area contributed by atoms with Crippen molar-refractivity contribution in [1.29, 1.82) is 0 Å². The van der Waals surface area contributed by atoms with Gasteiger partial charge in [-0.15, -0.1) is 24.0 Å². The molecule has 0 spiro atoms. The second-order valence-electron chi connectivity index (χ2n) is 6.36. The normalized spacial score (nSPS) is 14.0. The van der Waals surface area contributed by atoms with Gasteiger partial charge in [-0.05, 0) is 35.7 Å². The van der Waals surface area contributed by atoms with Gasteiger partial charge in [-0.25, -0.2) is 4.99 Å². The SMILES string of the molecule is COc1ccc(NC(N)=NCc2ccccc2CN2CCCC2=O)cc1Cl.I. The number of halogens is 2. The first-order chi connectivity index (χ1) is 13.1. The predicted octanol–water partition coefficient (Wildman–Crippen LogP) is 4.02. The second-order valence-corrected chi connectivity index (χ2v) is 6.77. The van der Waals surface area contributed by atoms with E-state index in [-0.39, 0.29) is 29.9 Å². The lowest BCUT2D eigenvalue weighted by Crippen LogP contribution is -2.25. The van der Waals surface area contributed by atoms with Crippen LogP contribution in [0.25, 0.3) is 0 Å². The highest BCUT2D eigenvalue weighted by Crippen LogP contribution is 2.27. The number of carbonyl (C=O) groups is 1. The van der Waals surface area contributed by atoms with Crippen LogP contribution in [-0.2, 0) is 17.9 Å². The summed E-state index contributed by atoms with van der Waals surface area (Å²) in [5.74, 6) is 1.11. The van der Waals surface area contributed by atoms with E-state index in [1.54, 1.807) is 19.2 Å². The van der Waals surface area contributed by atoms with Gasteiger partial charge in [0.1, 0.15) is 5.75 Å². The van der Waals surface area contributed by atoms with Crippen molar-refractivity contribution >= 4 is 53.1 Å². The number of amides is 1. The summed E-state index contributed by atoms with van der Waals surface area (Å²) in [5.41, 5.74) is 8.89. The van der Waals surface area contributed by atoms with Crippen LogP contribution in [0.2, 0.25) is 5.02 Å². The fourth-order valence-electron chi connectivity index (χ4n) is 3.04. The van der Waals surface area contributed by atoms with Crippen LogP contribution in [-0.4, -0.2) is 30.4 Å². The summed E-state index contributed by atoms with van der Waals surface area (Å²) in [6.45, 7) is 1.87. The van der Waals surface area contributed by atoms with Crippen molar-refractivity contribution in [2.75, 3.05) is 19.0 Å². The average Bonchev–Trinajstić information content (AvgIpc) is 3.06. The molecule has 1 amide bonds. The molecule has 8 heteroatoms. The Morgan fingerprint density at radius 3 is 2.68 bits per heavy atom. The number of likely N-dealkylation sites (tertiary alicyclic amines) is 1. The van der Waals surface area contributed by atoms with Gasteiger partial charge < -0.3 is 20.7 Å². The van der Waals surface area contributed by atoms with Gasteiger partial charge in [0.05, 0.1) is 18.7 Å². The number of carbonyl (C=O) groups excluding carboxylic acids is 1. The summed E-state index contributed by atoms with van der Waals surface area (Å²) in [6, 6.07) is 13.3. The van der Waals surface area contributed by atoms with Gasteiger partial charge in [-0.3, -0.25) is 4.79 Å². The molecule has 6 nitrogen and oxygen atoms in total. The van der Waals surface area contributed by atoms with Gasteiger partial charge in [0.2, 0.25) is 5.91 Å². The number of rotatable bonds is 6. The van der Waals surface area contributed by atoms with E-state index in [2.05, 4.69) is 10.3 Å². The Labute approximate surface area is 187 Å². The first kappa shape index (κ1) is 22.3. The topological polar surface area (TPSA) is 80.0 Å². The zero-order valence-corrected chi connectivity index (χ0v) is 18.7. The highest BCUT2D eigenvalue weighted by atomic mass is 127. The average molecular weight is 515 g/mol. The molecule has 1 fully saturated rings. The first-order valence-electron chi connectivity index (χ1n) is 8.82. The number of guanidine groups is 1. The Kier molecular flexibility index (Phi) is 8.37. The standard InChI is InChI=1S/C20H23ClN4O2.HI/c1-27-18-9-8-16(11-17(18)21)24-20(22)23-12-14-5-2-3-6-15(14)13-25-10-4-7-19(25)26;/h2-3,5-6,8-9,11H,4,7,10,12-13H2,1H3,(H3,22,23,24);1H. The van der Waals surface area contributed by atoms with Crippen molar-refractivity contribution in [3.8, 4) is 5.75 Å². The van der Waals surface area contributed by atoms with Crippen molar-refractivity contribution in [3.63, 3.8) is 0 Å². The van der Waals surface area contributed by atoms with E-state index in [0.717, 1.165) is 29.8 Å². The number of nitrogens with two attached hydrogens (primary N) is 1. The lowest BCUT2D eigenvalue weighted by atomic mass is 10.1. The van der Waals surface area contributed by atoms with Crippen LogP contribution in [0.5, 0.6) is 5.75 Å². The summed E-state index contributed by atoms with van der Waals surface area (Å²) < 4.78 is 5.14. The lowest BCUT2D eigenvalue weighted by Gasteiger charge is -2.17. The summed E-state index contributed by atoms with van der Waals surface area (Å²) in [6.07, 6.45) is 1.57. The number of hydrogen-bond donors (Lipinski definition) is 2. The third-order valence-corrected chi connectivity index (χ3v) is 4.79. The molecule has 2 aromatic rings. The second kappa shape index (κ2) is 10.5. The van der Waals surface area contributed by atoms with Crippen LogP contribution in [0.4, 0.5) is 5.69 Å². The number of nitrogens with zero attached hydrogens (tertiary/aromatic N) is 2. The van der Waals surface area contributed by atoms with Gasteiger partial charge in [0.15, 0.2) is 5.96 Å². The van der Waals surface area contributed by atoms with E-state index in [1.165, 1.54) is 0 Å². The minimum Gasteiger partial charge on any atom is -0.495 e. The number of anilines is 1. The molecule has 1 aliphatic heterocycles. The summed E-state index contributed by atoms with van der Waals surface area (Å²) in [4.78, 5) is 18.2. The lowest BCUT2D eigenvalue weighted by molar-refractivity contribution is -0.128. The molecule has 3 N–H and O–H groups in total. The van der Waals surface area contributed by atoms with Crippen molar-refractivity contribution in [2.45, 2.75) is 25.9 Å². The molecule has 0 aliphatic carbocycles. The smallest absolute Gasteiger partial charge is 0.222 e. The van der Waals surface area contributed by atoms with Crippen molar-refractivity contribution in [3.05, 3.63) is 58.6 Å². The monoisotopic (exact) mass is 514 g/mol. The molecule has 1 aliphatic rings. The predicted molar refractivity (Wildman–Crippen MR) is 123 cm³/mol. The highest BCUT2D eigenvalue weighted by molar-refractivity contribution is 14.0. The maximum absolute atomic E-state index is 11.9. The van der Waals surface area contributed by atoms with Crippen molar-refractivity contribution in [2.24, 2.45) is 10.7 Å². The molecule has 1 saturated heterocycles. The van der Waals surface area contributed by atoms with Crippen LogP contribution < -0.4 is 15.8 Å². The first-order valence-corrected chi connectivity index (χ1v) is 9.19. The molecule has 0 aromatic heterocycles. The summed E-state index contributed by atoms with van der Waals surface area (Å²) in [5, 5.41) is 3.52. The summed E-state index contributed by atoms with van der Waals surface area (Å²) >= 11 is 6.12. The number of ether oxygens (including phenoxy) is 1. The van der Waals surface area contributed by atoms with Gasteiger partial charge in [0, 0.05) is 25.2 Å². The minimum absolute atomic E-state index is 0. The maximum Gasteiger partial charge on any atom is 0.222 e. The Bertz CT molecular complexity index is 860. The van der Waals surface area contributed by atoms with E-state index in [0.29, 0.717) is 36.2 Å². The van der Waals surface area contributed by atoms with E-state index in [9.17, 15) is 4.79 Å². The Morgan fingerprint density at radius 1 is 1.29 bits per heavy atom.